The average molecular weight is 300 g/mol. The van der Waals surface area contributed by atoms with Gasteiger partial charge >= 0.3 is 6.18 Å². The van der Waals surface area contributed by atoms with E-state index in [0.717, 1.165) is 23.8 Å². The molecule has 2 rings (SSSR count). The molecule has 0 unspecified atom stereocenters. The molecule has 0 atom stereocenters. The molecular weight excluding hydrogens is 289 g/mol. The molecule has 0 spiro atoms. The molecule has 1 N–H and O–H groups in total. The minimum atomic E-state index is -4.46. The fraction of sp³-hybridized carbons (Fsp3) is 0.231. The first-order chi connectivity index (χ1) is 9.20. The van der Waals surface area contributed by atoms with Crippen molar-refractivity contribution in [2.75, 3.05) is 0 Å². The molecule has 0 amide bonds. The van der Waals surface area contributed by atoms with Crippen LogP contribution in [0.15, 0.2) is 35.1 Å². The zero-order valence-corrected chi connectivity index (χ0v) is 11.4. The van der Waals surface area contributed by atoms with E-state index in [4.69, 9.17) is 12.2 Å². The molecule has 0 saturated carbocycles. The number of hydrogen-bond donors (Lipinski definition) is 1. The van der Waals surface area contributed by atoms with Crippen LogP contribution < -0.4 is 5.56 Å². The monoisotopic (exact) mass is 300 g/mol. The first-order valence-electron chi connectivity index (χ1n) is 5.68. The fourth-order valence-corrected chi connectivity index (χ4v) is 2.10. The van der Waals surface area contributed by atoms with Gasteiger partial charge < -0.3 is 4.98 Å². The SMILES string of the molecule is C=C(C)Cn1c(=S)[nH]c2cc(C(F)(F)F)ccc2c1=O. The van der Waals surface area contributed by atoms with Gasteiger partial charge in [-0.05, 0) is 37.3 Å². The summed E-state index contributed by atoms with van der Waals surface area (Å²) < 4.78 is 39.2. The number of fused-ring (bicyclic) bond motifs is 1. The first-order valence-corrected chi connectivity index (χ1v) is 6.09. The second kappa shape index (κ2) is 4.90. The summed E-state index contributed by atoms with van der Waals surface area (Å²) in [6.45, 7) is 5.65. The lowest BCUT2D eigenvalue weighted by atomic mass is 10.1. The summed E-state index contributed by atoms with van der Waals surface area (Å²) in [5, 5.41) is 0.160. The van der Waals surface area contributed by atoms with Crippen molar-refractivity contribution < 1.29 is 13.2 Å². The van der Waals surface area contributed by atoms with Crippen LogP contribution in [-0.2, 0) is 12.7 Å². The standard InChI is InChI=1S/C13H11F3N2OS/c1-7(2)6-18-11(19)9-4-3-8(13(14,15)16)5-10(9)17-12(18)20/h3-5H,1,6H2,2H3,(H,17,20). The number of aromatic amines is 1. The van der Waals surface area contributed by atoms with E-state index in [0.29, 0.717) is 0 Å². The van der Waals surface area contributed by atoms with Crippen LogP contribution in [0.25, 0.3) is 10.9 Å². The van der Waals surface area contributed by atoms with Gasteiger partial charge in [-0.15, -0.1) is 0 Å². The van der Waals surface area contributed by atoms with Crippen LogP contribution in [0.5, 0.6) is 0 Å². The zero-order valence-electron chi connectivity index (χ0n) is 10.5. The number of H-pyrrole nitrogens is 1. The van der Waals surface area contributed by atoms with Crippen molar-refractivity contribution in [2.45, 2.75) is 19.6 Å². The maximum absolute atomic E-state index is 12.6. The van der Waals surface area contributed by atoms with Crippen LogP contribution in [0.4, 0.5) is 13.2 Å². The molecule has 1 heterocycles. The highest BCUT2D eigenvalue weighted by Crippen LogP contribution is 2.30. The molecule has 1 aromatic carbocycles. The molecule has 3 nitrogen and oxygen atoms in total. The molecule has 2 aromatic rings. The van der Waals surface area contributed by atoms with Gasteiger partial charge in [-0.1, -0.05) is 12.2 Å². The molecule has 20 heavy (non-hydrogen) atoms. The summed E-state index contributed by atoms with van der Waals surface area (Å²) >= 11 is 5.01. The predicted molar refractivity (Wildman–Crippen MR) is 73.2 cm³/mol. The molecule has 0 aliphatic heterocycles. The van der Waals surface area contributed by atoms with E-state index < -0.39 is 17.3 Å². The third-order valence-electron chi connectivity index (χ3n) is 2.74. The Labute approximate surface area is 117 Å². The van der Waals surface area contributed by atoms with Gasteiger partial charge in [-0.25, -0.2) is 0 Å². The Hall–Kier alpha value is -1.89. The van der Waals surface area contributed by atoms with Gasteiger partial charge in [0.25, 0.3) is 5.56 Å². The predicted octanol–water partition coefficient (Wildman–Crippen LogP) is 3.65. The number of allylic oxidation sites excluding steroid dienone is 1. The molecule has 0 bridgehead atoms. The van der Waals surface area contributed by atoms with Crippen molar-refractivity contribution in [1.29, 1.82) is 0 Å². The van der Waals surface area contributed by atoms with Crippen LogP contribution >= 0.6 is 12.2 Å². The van der Waals surface area contributed by atoms with E-state index in [-0.39, 0.29) is 22.2 Å². The summed E-state index contributed by atoms with van der Waals surface area (Å²) in [7, 11) is 0. The highest BCUT2D eigenvalue weighted by atomic mass is 32.1. The quantitative estimate of drug-likeness (QED) is 0.679. The third kappa shape index (κ3) is 2.67. The largest absolute Gasteiger partial charge is 0.416 e. The lowest BCUT2D eigenvalue weighted by Gasteiger charge is -2.10. The number of hydrogen-bond acceptors (Lipinski definition) is 2. The smallest absolute Gasteiger partial charge is 0.332 e. The fourth-order valence-electron chi connectivity index (χ4n) is 1.84. The molecule has 0 radical (unpaired) electrons. The molecule has 1 aromatic heterocycles. The van der Waals surface area contributed by atoms with Gasteiger partial charge in [-0.2, -0.15) is 13.2 Å². The maximum Gasteiger partial charge on any atom is 0.416 e. The van der Waals surface area contributed by atoms with Gasteiger partial charge in [-0.3, -0.25) is 9.36 Å². The number of rotatable bonds is 2. The minimum Gasteiger partial charge on any atom is -0.332 e. The normalized spacial score (nSPS) is 11.8. The summed E-state index contributed by atoms with van der Waals surface area (Å²) in [6.07, 6.45) is -4.46. The van der Waals surface area contributed by atoms with Gasteiger partial charge in [0.1, 0.15) is 0 Å². The topological polar surface area (TPSA) is 37.8 Å². The van der Waals surface area contributed by atoms with Gasteiger partial charge in [0, 0.05) is 6.54 Å². The molecule has 106 valence electrons. The highest BCUT2D eigenvalue weighted by molar-refractivity contribution is 7.71. The maximum atomic E-state index is 12.6. The van der Waals surface area contributed by atoms with E-state index in [1.807, 2.05) is 0 Å². The Morgan fingerprint density at radius 1 is 1.45 bits per heavy atom. The van der Waals surface area contributed by atoms with Gasteiger partial charge in [0.2, 0.25) is 0 Å². The van der Waals surface area contributed by atoms with Gasteiger partial charge in [0.15, 0.2) is 4.77 Å². The molecule has 0 aliphatic carbocycles. The summed E-state index contributed by atoms with van der Waals surface area (Å²) in [5.41, 5.74) is -0.459. The van der Waals surface area contributed by atoms with E-state index in [1.165, 1.54) is 4.57 Å². The Morgan fingerprint density at radius 3 is 2.65 bits per heavy atom. The Balaban J connectivity index is 2.74. The van der Waals surface area contributed by atoms with E-state index in [1.54, 1.807) is 6.92 Å². The van der Waals surface area contributed by atoms with Crippen molar-refractivity contribution in [3.63, 3.8) is 0 Å². The Morgan fingerprint density at radius 2 is 2.10 bits per heavy atom. The first kappa shape index (κ1) is 14.5. The molecule has 0 aliphatic rings. The van der Waals surface area contributed by atoms with E-state index in [2.05, 4.69) is 11.6 Å². The Bertz CT molecular complexity index is 802. The van der Waals surface area contributed by atoms with Crippen LogP contribution in [0.1, 0.15) is 12.5 Å². The van der Waals surface area contributed by atoms with E-state index >= 15 is 0 Å². The van der Waals surface area contributed by atoms with Crippen LogP contribution in [0.2, 0.25) is 0 Å². The number of halogens is 3. The van der Waals surface area contributed by atoms with Crippen LogP contribution in [0.3, 0.4) is 0 Å². The van der Waals surface area contributed by atoms with Crippen molar-refractivity contribution in [3.8, 4) is 0 Å². The lowest BCUT2D eigenvalue weighted by Crippen LogP contribution is -2.23. The van der Waals surface area contributed by atoms with Crippen molar-refractivity contribution in [2.24, 2.45) is 0 Å². The van der Waals surface area contributed by atoms with Crippen LogP contribution in [-0.4, -0.2) is 9.55 Å². The average Bonchev–Trinajstić information content (AvgIpc) is 2.32. The second-order valence-corrected chi connectivity index (χ2v) is 4.92. The number of nitrogens with zero attached hydrogens (tertiary/aromatic N) is 1. The highest BCUT2D eigenvalue weighted by Gasteiger charge is 2.30. The zero-order chi connectivity index (χ0) is 15.1. The number of benzene rings is 1. The van der Waals surface area contributed by atoms with Crippen molar-refractivity contribution >= 4 is 23.1 Å². The van der Waals surface area contributed by atoms with Crippen molar-refractivity contribution in [3.05, 3.63) is 51.0 Å². The second-order valence-electron chi connectivity index (χ2n) is 4.54. The third-order valence-corrected chi connectivity index (χ3v) is 3.06. The summed E-state index contributed by atoms with van der Waals surface area (Å²) in [4.78, 5) is 14.9. The van der Waals surface area contributed by atoms with Gasteiger partial charge in [0.05, 0.1) is 16.5 Å². The number of aromatic nitrogens is 2. The van der Waals surface area contributed by atoms with Crippen molar-refractivity contribution in [1.82, 2.24) is 9.55 Å². The Kier molecular flexibility index (Phi) is 3.56. The van der Waals surface area contributed by atoms with Crippen LogP contribution in [0, 0.1) is 4.77 Å². The molecular formula is C13H11F3N2OS. The van der Waals surface area contributed by atoms with E-state index in [9.17, 15) is 18.0 Å². The summed E-state index contributed by atoms with van der Waals surface area (Å²) in [5.74, 6) is 0. The lowest BCUT2D eigenvalue weighted by molar-refractivity contribution is -0.137. The minimum absolute atomic E-state index is 0.0739. The molecule has 7 heteroatoms. The number of nitrogens with one attached hydrogen (secondary N) is 1. The summed E-state index contributed by atoms with van der Waals surface area (Å²) in [6, 6.07) is 2.92. The number of alkyl halides is 3. The molecule has 0 fully saturated rings. The molecule has 0 saturated heterocycles.